The first-order valence-electron chi connectivity index (χ1n) is 15.6. The predicted octanol–water partition coefficient (Wildman–Crippen LogP) is 7.38. The largest absolute Gasteiger partial charge is 0.493 e. The SMILES string of the molecule is COc1cc(-c2ccc3c(c2)Nc2ccc(CCN4CCN(c5ccc(C)cc5)CC4)cc2NC3=O)ccc1OCc1cscn1. The molecule has 5 aromatic rings. The smallest absolute Gasteiger partial charge is 0.257 e. The fourth-order valence-electron chi connectivity index (χ4n) is 6.02. The van der Waals surface area contributed by atoms with Gasteiger partial charge in [0.2, 0.25) is 0 Å². The lowest BCUT2D eigenvalue weighted by molar-refractivity contribution is 0.102. The molecule has 46 heavy (non-hydrogen) atoms. The van der Waals surface area contributed by atoms with Crippen LogP contribution in [-0.2, 0) is 13.0 Å². The van der Waals surface area contributed by atoms with Gasteiger partial charge in [-0.25, -0.2) is 4.98 Å². The number of aryl methyl sites for hydroxylation is 1. The average molecular weight is 632 g/mol. The number of carbonyl (C=O) groups excluding carboxylic acids is 1. The maximum absolute atomic E-state index is 13.3. The Balaban J connectivity index is 1.01. The minimum atomic E-state index is -0.124. The molecule has 1 aromatic heterocycles. The molecule has 1 fully saturated rings. The molecule has 2 aliphatic heterocycles. The Morgan fingerprint density at radius 1 is 0.826 bits per heavy atom. The van der Waals surface area contributed by atoms with Gasteiger partial charge in [-0.3, -0.25) is 9.69 Å². The highest BCUT2D eigenvalue weighted by atomic mass is 32.1. The van der Waals surface area contributed by atoms with Gasteiger partial charge in [0.05, 0.1) is 40.9 Å². The summed E-state index contributed by atoms with van der Waals surface area (Å²) in [6, 6.07) is 26.8. The van der Waals surface area contributed by atoms with Crippen molar-refractivity contribution < 1.29 is 14.3 Å². The van der Waals surface area contributed by atoms with E-state index in [1.165, 1.54) is 16.8 Å². The van der Waals surface area contributed by atoms with Crippen molar-refractivity contribution in [3.05, 3.63) is 112 Å². The van der Waals surface area contributed by atoms with E-state index in [4.69, 9.17) is 9.47 Å². The molecule has 8 nitrogen and oxygen atoms in total. The van der Waals surface area contributed by atoms with Crippen LogP contribution in [-0.4, -0.2) is 55.6 Å². The first kappa shape index (κ1) is 29.8. The van der Waals surface area contributed by atoms with Crippen molar-refractivity contribution in [2.45, 2.75) is 20.0 Å². The average Bonchev–Trinajstić information content (AvgIpc) is 3.57. The van der Waals surface area contributed by atoms with E-state index in [2.05, 4.69) is 74.8 Å². The van der Waals surface area contributed by atoms with Crippen LogP contribution in [0.3, 0.4) is 0 Å². The molecule has 0 saturated carbocycles. The number of ether oxygens (including phenoxy) is 2. The summed E-state index contributed by atoms with van der Waals surface area (Å²) in [7, 11) is 1.63. The minimum absolute atomic E-state index is 0.124. The van der Waals surface area contributed by atoms with Crippen LogP contribution in [0.15, 0.2) is 89.8 Å². The molecule has 0 atom stereocenters. The molecule has 0 bridgehead atoms. The molecule has 1 amide bonds. The van der Waals surface area contributed by atoms with Crippen LogP contribution >= 0.6 is 11.3 Å². The second kappa shape index (κ2) is 13.2. The summed E-state index contributed by atoms with van der Waals surface area (Å²) >= 11 is 1.54. The first-order valence-corrected chi connectivity index (χ1v) is 16.5. The van der Waals surface area contributed by atoms with Gasteiger partial charge in [-0.2, -0.15) is 0 Å². The van der Waals surface area contributed by atoms with Crippen LogP contribution in [0.5, 0.6) is 11.5 Å². The number of benzene rings is 4. The predicted molar refractivity (Wildman–Crippen MR) is 186 cm³/mol. The molecule has 2 N–H and O–H groups in total. The molecule has 0 spiro atoms. The normalized spacial score (nSPS) is 14.5. The number of hydrogen-bond donors (Lipinski definition) is 2. The molecular formula is C37H37N5O3S. The van der Waals surface area contributed by atoms with Crippen molar-refractivity contribution in [1.29, 1.82) is 0 Å². The quantitative estimate of drug-likeness (QED) is 0.176. The number of thiazole rings is 1. The second-order valence-corrected chi connectivity index (χ2v) is 12.5. The fourth-order valence-corrected chi connectivity index (χ4v) is 6.56. The van der Waals surface area contributed by atoms with Gasteiger partial charge in [-0.1, -0.05) is 35.9 Å². The number of carbonyl (C=O) groups is 1. The Bertz CT molecular complexity index is 1830. The third-order valence-corrected chi connectivity index (χ3v) is 9.35. The summed E-state index contributed by atoms with van der Waals surface area (Å²) in [6.45, 7) is 7.65. The zero-order valence-corrected chi connectivity index (χ0v) is 26.9. The molecule has 2 aliphatic rings. The van der Waals surface area contributed by atoms with Gasteiger partial charge in [-0.15, -0.1) is 11.3 Å². The molecule has 3 heterocycles. The van der Waals surface area contributed by atoms with Crippen molar-refractivity contribution in [3.63, 3.8) is 0 Å². The summed E-state index contributed by atoms with van der Waals surface area (Å²) in [5.41, 5.74) is 11.4. The molecule has 0 unspecified atom stereocenters. The highest BCUT2D eigenvalue weighted by Crippen LogP contribution is 2.38. The summed E-state index contributed by atoms with van der Waals surface area (Å²) in [5, 5.41) is 8.61. The van der Waals surface area contributed by atoms with E-state index in [9.17, 15) is 4.79 Å². The lowest BCUT2D eigenvalue weighted by Crippen LogP contribution is -2.47. The van der Waals surface area contributed by atoms with E-state index in [0.29, 0.717) is 23.7 Å². The number of rotatable bonds is 9. The summed E-state index contributed by atoms with van der Waals surface area (Å²) in [5.74, 6) is 1.17. The number of hydrogen-bond acceptors (Lipinski definition) is 8. The van der Waals surface area contributed by atoms with Gasteiger partial charge in [0.1, 0.15) is 6.61 Å². The number of methoxy groups -OCH3 is 1. The molecule has 234 valence electrons. The number of aromatic nitrogens is 1. The van der Waals surface area contributed by atoms with Crippen LogP contribution in [0.1, 0.15) is 27.2 Å². The number of nitrogens with one attached hydrogen (secondary N) is 2. The molecule has 7 rings (SSSR count). The maximum atomic E-state index is 13.3. The zero-order chi connectivity index (χ0) is 31.5. The topological polar surface area (TPSA) is 79.0 Å². The van der Waals surface area contributed by atoms with Crippen LogP contribution in [0, 0.1) is 6.92 Å². The van der Waals surface area contributed by atoms with E-state index in [1.54, 1.807) is 24.0 Å². The van der Waals surface area contributed by atoms with Crippen molar-refractivity contribution in [2.24, 2.45) is 0 Å². The Labute approximate surface area is 273 Å². The van der Waals surface area contributed by atoms with E-state index >= 15 is 0 Å². The lowest BCUT2D eigenvalue weighted by atomic mass is 10.0. The van der Waals surface area contributed by atoms with Crippen LogP contribution in [0.4, 0.5) is 22.7 Å². The van der Waals surface area contributed by atoms with E-state index < -0.39 is 0 Å². The van der Waals surface area contributed by atoms with Gasteiger partial charge in [0.25, 0.3) is 5.91 Å². The Hall–Kier alpha value is -4.86. The molecule has 0 radical (unpaired) electrons. The Morgan fingerprint density at radius 2 is 1.63 bits per heavy atom. The van der Waals surface area contributed by atoms with Crippen molar-refractivity contribution in [1.82, 2.24) is 9.88 Å². The van der Waals surface area contributed by atoms with Gasteiger partial charge >= 0.3 is 0 Å². The monoisotopic (exact) mass is 631 g/mol. The molecule has 9 heteroatoms. The maximum Gasteiger partial charge on any atom is 0.257 e. The summed E-state index contributed by atoms with van der Waals surface area (Å²) in [6.07, 6.45) is 0.927. The van der Waals surface area contributed by atoms with Gasteiger partial charge in [-0.05, 0) is 78.6 Å². The zero-order valence-electron chi connectivity index (χ0n) is 26.1. The first-order chi connectivity index (χ1) is 22.5. The van der Waals surface area contributed by atoms with Gasteiger partial charge in [0, 0.05) is 43.8 Å². The molecular weight excluding hydrogens is 595 g/mol. The Morgan fingerprint density at radius 3 is 2.41 bits per heavy atom. The van der Waals surface area contributed by atoms with E-state index in [0.717, 1.165) is 73.0 Å². The highest BCUT2D eigenvalue weighted by Gasteiger charge is 2.21. The standard InChI is InChI=1S/C37H37N5O3S/c1-25-3-8-30(9-4-25)42-17-15-41(16-18-42)14-13-26-5-11-32-34(19-26)40-37(43)31-10-6-27(20-33(31)39-32)28-7-12-35(36(21-28)44-2)45-22-29-23-46-24-38-29/h3-12,19-21,23-24,39H,13-18,22H2,1-2H3,(H,40,43). The van der Waals surface area contributed by atoms with Crippen molar-refractivity contribution in [2.75, 3.05) is 55.4 Å². The van der Waals surface area contributed by atoms with Crippen molar-refractivity contribution in [3.8, 4) is 22.6 Å². The number of anilines is 4. The third-order valence-electron chi connectivity index (χ3n) is 8.71. The van der Waals surface area contributed by atoms with Crippen LogP contribution in [0.2, 0.25) is 0 Å². The highest BCUT2D eigenvalue weighted by molar-refractivity contribution is 7.07. The molecule has 0 aliphatic carbocycles. The number of fused-ring (bicyclic) bond motifs is 2. The number of nitrogens with zero attached hydrogens (tertiary/aromatic N) is 3. The van der Waals surface area contributed by atoms with Crippen LogP contribution in [0.25, 0.3) is 11.1 Å². The Kier molecular flexibility index (Phi) is 8.59. The molecule has 4 aromatic carbocycles. The van der Waals surface area contributed by atoms with Gasteiger partial charge < -0.3 is 25.0 Å². The summed E-state index contributed by atoms with van der Waals surface area (Å²) in [4.78, 5) is 22.6. The fraction of sp³-hybridized carbons (Fsp3) is 0.243. The number of piperazine rings is 1. The number of amides is 1. The summed E-state index contributed by atoms with van der Waals surface area (Å²) < 4.78 is 11.6. The van der Waals surface area contributed by atoms with Crippen molar-refractivity contribution >= 4 is 40.0 Å². The molecule has 1 saturated heterocycles. The minimum Gasteiger partial charge on any atom is -0.493 e. The van der Waals surface area contributed by atoms with Gasteiger partial charge in [0.15, 0.2) is 11.5 Å². The van der Waals surface area contributed by atoms with E-state index in [1.807, 2.05) is 41.8 Å². The van der Waals surface area contributed by atoms with E-state index in [-0.39, 0.29) is 5.91 Å². The van der Waals surface area contributed by atoms with Crippen LogP contribution < -0.4 is 25.0 Å². The third kappa shape index (κ3) is 6.56. The lowest BCUT2D eigenvalue weighted by Gasteiger charge is -2.36. The second-order valence-electron chi connectivity index (χ2n) is 11.8.